The van der Waals surface area contributed by atoms with Crippen molar-refractivity contribution in [1.29, 1.82) is 0 Å². The second-order valence-corrected chi connectivity index (χ2v) is 8.02. The molecule has 0 aliphatic heterocycles. The summed E-state index contributed by atoms with van der Waals surface area (Å²) in [7, 11) is 0. The molecule has 0 saturated carbocycles. The van der Waals surface area contributed by atoms with Crippen molar-refractivity contribution in [3.63, 3.8) is 0 Å². The quantitative estimate of drug-likeness (QED) is 0.288. The van der Waals surface area contributed by atoms with Gasteiger partial charge in [-0.1, -0.05) is 103 Å². The van der Waals surface area contributed by atoms with Gasteiger partial charge in [0.2, 0.25) is 5.91 Å². The normalized spacial score (nSPS) is 11.2. The van der Waals surface area contributed by atoms with E-state index in [1.807, 2.05) is 121 Å². The summed E-state index contributed by atoms with van der Waals surface area (Å²) in [6, 6.07) is 36.1. The van der Waals surface area contributed by atoms with Gasteiger partial charge in [0.05, 0.1) is 12.1 Å². The molecule has 0 fully saturated rings. The highest BCUT2D eigenvalue weighted by molar-refractivity contribution is 6.05. The summed E-state index contributed by atoms with van der Waals surface area (Å²) in [5, 5.41) is 7.27. The molecule has 34 heavy (non-hydrogen) atoms. The standard InChI is InChI=1S/C31H24NO2/c33-31(22-27-17-8-16-24-13-6-7-18-28(24)27)32-29-20-25-14-4-5-15-26(25)21-30(29)34-19-9-12-23-10-2-1-3-11-23/h1-18,20-22H,19H2,(H,32,33). The minimum Gasteiger partial charge on any atom is -0.487 e. The fraction of sp³-hybridized carbons (Fsp3) is 0.0323. The predicted molar refractivity (Wildman–Crippen MR) is 141 cm³/mol. The third-order valence-corrected chi connectivity index (χ3v) is 5.66. The Labute approximate surface area is 199 Å². The maximum Gasteiger partial charge on any atom is 0.233 e. The van der Waals surface area contributed by atoms with E-state index in [1.165, 1.54) is 0 Å². The fourth-order valence-electron chi connectivity index (χ4n) is 4.01. The summed E-state index contributed by atoms with van der Waals surface area (Å²) in [5.74, 6) is 0.437. The molecule has 0 bridgehead atoms. The Kier molecular flexibility index (Phi) is 6.35. The van der Waals surface area contributed by atoms with Crippen LogP contribution in [0.5, 0.6) is 5.75 Å². The summed E-state index contributed by atoms with van der Waals surface area (Å²) in [4.78, 5) is 13.0. The van der Waals surface area contributed by atoms with Crippen LogP contribution in [-0.4, -0.2) is 12.5 Å². The summed E-state index contributed by atoms with van der Waals surface area (Å²) in [6.07, 6.45) is 5.63. The minimum absolute atomic E-state index is 0.198. The van der Waals surface area contributed by atoms with E-state index in [2.05, 4.69) is 5.32 Å². The molecule has 1 N–H and O–H groups in total. The number of hydrogen-bond donors (Lipinski definition) is 1. The van der Waals surface area contributed by atoms with Gasteiger partial charge in [0.15, 0.2) is 0 Å². The van der Waals surface area contributed by atoms with E-state index in [0.717, 1.165) is 32.7 Å². The lowest BCUT2D eigenvalue weighted by molar-refractivity contribution is -0.112. The van der Waals surface area contributed by atoms with Crippen molar-refractivity contribution < 1.29 is 9.53 Å². The van der Waals surface area contributed by atoms with Gasteiger partial charge in [0.25, 0.3) is 0 Å². The number of benzene rings is 5. The first-order chi connectivity index (χ1) is 16.8. The molecule has 0 aliphatic carbocycles. The molecule has 0 atom stereocenters. The van der Waals surface area contributed by atoms with Crippen LogP contribution in [0.1, 0.15) is 11.1 Å². The highest BCUT2D eigenvalue weighted by Crippen LogP contribution is 2.31. The van der Waals surface area contributed by atoms with Gasteiger partial charge < -0.3 is 10.1 Å². The molecule has 1 amide bonds. The van der Waals surface area contributed by atoms with Gasteiger partial charge in [-0.2, -0.15) is 0 Å². The first kappa shape index (κ1) is 21.5. The molecule has 3 heteroatoms. The largest absolute Gasteiger partial charge is 0.487 e. The van der Waals surface area contributed by atoms with E-state index >= 15 is 0 Å². The average Bonchev–Trinajstić information content (AvgIpc) is 2.87. The number of hydrogen-bond acceptors (Lipinski definition) is 2. The van der Waals surface area contributed by atoms with Crippen LogP contribution in [-0.2, 0) is 4.79 Å². The Balaban J connectivity index is 1.36. The zero-order valence-corrected chi connectivity index (χ0v) is 18.6. The van der Waals surface area contributed by atoms with E-state index < -0.39 is 0 Å². The predicted octanol–water partition coefficient (Wildman–Crippen LogP) is 7.28. The van der Waals surface area contributed by atoms with E-state index in [-0.39, 0.29) is 5.91 Å². The van der Waals surface area contributed by atoms with Crippen molar-refractivity contribution in [3.8, 4) is 5.75 Å². The summed E-state index contributed by atoms with van der Waals surface area (Å²) >= 11 is 0. The molecular weight excluding hydrogens is 418 g/mol. The molecule has 1 radical (unpaired) electrons. The number of fused-ring (bicyclic) bond motifs is 2. The van der Waals surface area contributed by atoms with E-state index in [1.54, 1.807) is 6.42 Å². The van der Waals surface area contributed by atoms with Crippen LogP contribution in [0.2, 0.25) is 0 Å². The van der Waals surface area contributed by atoms with Gasteiger partial charge in [-0.25, -0.2) is 0 Å². The highest BCUT2D eigenvalue weighted by atomic mass is 16.5. The average molecular weight is 443 g/mol. The van der Waals surface area contributed by atoms with E-state index in [4.69, 9.17) is 4.74 Å². The molecule has 0 heterocycles. The number of carbonyl (C=O) groups is 1. The van der Waals surface area contributed by atoms with Gasteiger partial charge >= 0.3 is 0 Å². The van der Waals surface area contributed by atoms with Crippen LogP contribution in [0, 0.1) is 6.42 Å². The van der Waals surface area contributed by atoms with Crippen molar-refractivity contribution >= 4 is 39.2 Å². The second kappa shape index (κ2) is 10.1. The SMILES string of the molecule is O=C([CH]c1cccc2ccccc12)Nc1cc2ccccc2cc1OCC=Cc1ccccc1. The minimum atomic E-state index is -0.198. The maximum absolute atomic E-state index is 13.0. The molecule has 5 aromatic carbocycles. The van der Waals surface area contributed by atoms with Gasteiger partial charge in [-0.3, -0.25) is 4.79 Å². The smallest absolute Gasteiger partial charge is 0.233 e. The molecule has 0 unspecified atom stereocenters. The second-order valence-electron chi connectivity index (χ2n) is 8.02. The molecule has 5 rings (SSSR count). The number of anilines is 1. The lowest BCUT2D eigenvalue weighted by Gasteiger charge is -2.14. The van der Waals surface area contributed by atoms with Crippen LogP contribution in [0.15, 0.2) is 115 Å². The van der Waals surface area contributed by atoms with Crippen LogP contribution in [0.3, 0.4) is 0 Å². The Morgan fingerprint density at radius 3 is 2.24 bits per heavy atom. The van der Waals surface area contributed by atoms with Gasteiger partial charge in [-0.05, 0) is 50.9 Å². The molecule has 0 spiro atoms. The van der Waals surface area contributed by atoms with Crippen LogP contribution in [0.4, 0.5) is 5.69 Å². The van der Waals surface area contributed by atoms with Crippen molar-refractivity contribution in [3.05, 3.63) is 133 Å². The lowest BCUT2D eigenvalue weighted by Crippen LogP contribution is -2.14. The Morgan fingerprint density at radius 2 is 1.41 bits per heavy atom. The number of rotatable bonds is 7. The topological polar surface area (TPSA) is 38.3 Å². The van der Waals surface area contributed by atoms with Crippen molar-refractivity contribution in [2.45, 2.75) is 0 Å². The third-order valence-electron chi connectivity index (χ3n) is 5.66. The molecule has 165 valence electrons. The maximum atomic E-state index is 13.0. The van der Waals surface area contributed by atoms with E-state index in [9.17, 15) is 4.79 Å². The zero-order valence-electron chi connectivity index (χ0n) is 18.6. The Hall–Kier alpha value is -4.37. The Morgan fingerprint density at radius 1 is 0.735 bits per heavy atom. The van der Waals surface area contributed by atoms with Crippen molar-refractivity contribution in [2.24, 2.45) is 0 Å². The van der Waals surface area contributed by atoms with Crippen LogP contribution < -0.4 is 10.1 Å². The Bertz CT molecular complexity index is 1470. The molecule has 5 aromatic rings. The summed E-state index contributed by atoms with van der Waals surface area (Å²) in [5.41, 5.74) is 2.64. The molecular formula is C31H24NO2. The number of amides is 1. The summed E-state index contributed by atoms with van der Waals surface area (Å²) in [6.45, 7) is 0.392. The molecule has 0 saturated heterocycles. The third kappa shape index (κ3) is 5.00. The fourth-order valence-corrected chi connectivity index (χ4v) is 4.01. The van der Waals surface area contributed by atoms with Gasteiger partial charge in [-0.15, -0.1) is 0 Å². The van der Waals surface area contributed by atoms with Gasteiger partial charge in [0, 0.05) is 0 Å². The molecule has 3 nitrogen and oxygen atoms in total. The first-order valence-electron chi connectivity index (χ1n) is 11.3. The highest BCUT2D eigenvalue weighted by Gasteiger charge is 2.12. The number of nitrogens with one attached hydrogen (secondary N) is 1. The molecule has 0 aliphatic rings. The molecule has 0 aromatic heterocycles. The van der Waals surface area contributed by atoms with Gasteiger partial charge in [0.1, 0.15) is 12.4 Å². The zero-order chi connectivity index (χ0) is 23.2. The van der Waals surface area contributed by atoms with E-state index in [0.29, 0.717) is 18.0 Å². The number of carbonyl (C=O) groups excluding carboxylic acids is 1. The van der Waals surface area contributed by atoms with Crippen molar-refractivity contribution in [2.75, 3.05) is 11.9 Å². The van der Waals surface area contributed by atoms with Crippen LogP contribution >= 0.6 is 0 Å². The van der Waals surface area contributed by atoms with Crippen LogP contribution in [0.25, 0.3) is 27.6 Å². The first-order valence-corrected chi connectivity index (χ1v) is 11.3. The summed E-state index contributed by atoms with van der Waals surface area (Å²) < 4.78 is 6.07. The number of ether oxygens (including phenoxy) is 1. The van der Waals surface area contributed by atoms with Crippen molar-refractivity contribution in [1.82, 2.24) is 0 Å². The monoisotopic (exact) mass is 442 g/mol. The lowest BCUT2D eigenvalue weighted by atomic mass is 10.0.